The lowest BCUT2D eigenvalue weighted by Gasteiger charge is -2.19. The average Bonchev–Trinajstić information content (AvgIpc) is 2.59. The molecule has 1 aromatic carbocycles. The molecule has 2 aromatic rings. The Morgan fingerprint density at radius 2 is 1.89 bits per heavy atom. The van der Waals surface area contributed by atoms with Gasteiger partial charge in [0, 0.05) is 25.7 Å². The Labute approximate surface area is 156 Å². The zero-order chi connectivity index (χ0) is 20.3. The number of nitrogen functional groups attached to an aromatic ring is 1. The molecule has 0 saturated heterocycles. The van der Waals surface area contributed by atoms with E-state index in [-0.39, 0.29) is 36.2 Å². The van der Waals surface area contributed by atoms with Gasteiger partial charge in [-0.1, -0.05) is 32.0 Å². The number of rotatable bonds is 7. The number of hydrogen-bond acceptors (Lipinski definition) is 5. The number of nitrogens with two attached hydrogens (primary N) is 1. The summed E-state index contributed by atoms with van der Waals surface area (Å²) in [7, 11) is 2.97. The van der Waals surface area contributed by atoms with E-state index in [9.17, 15) is 18.8 Å². The van der Waals surface area contributed by atoms with Crippen molar-refractivity contribution in [2.45, 2.75) is 26.9 Å². The second kappa shape index (κ2) is 8.30. The fourth-order valence-electron chi connectivity index (χ4n) is 2.88. The Bertz CT molecular complexity index is 962. The molecule has 1 aromatic heterocycles. The molecule has 0 atom stereocenters. The maximum Gasteiger partial charge on any atom is 0.332 e. The van der Waals surface area contributed by atoms with Gasteiger partial charge in [-0.25, -0.2) is 9.18 Å². The molecule has 0 amide bonds. The quantitative estimate of drug-likeness (QED) is 0.734. The molecule has 0 aliphatic rings. The predicted octanol–water partition coefficient (Wildman–Crippen LogP) is 1.24. The van der Waals surface area contributed by atoms with Gasteiger partial charge >= 0.3 is 5.69 Å². The van der Waals surface area contributed by atoms with Gasteiger partial charge in [0.25, 0.3) is 5.56 Å². The highest BCUT2D eigenvalue weighted by Crippen LogP contribution is 2.12. The number of aromatic nitrogens is 2. The highest BCUT2D eigenvalue weighted by Gasteiger charge is 2.23. The zero-order valence-electron chi connectivity index (χ0n) is 16.0. The summed E-state index contributed by atoms with van der Waals surface area (Å²) in [5, 5.41) is 0. The summed E-state index contributed by atoms with van der Waals surface area (Å²) in [6.45, 7) is 4.17. The van der Waals surface area contributed by atoms with Crippen molar-refractivity contribution in [2.24, 2.45) is 13.0 Å². The van der Waals surface area contributed by atoms with E-state index in [4.69, 9.17) is 5.73 Å². The van der Waals surface area contributed by atoms with Gasteiger partial charge < -0.3 is 5.73 Å². The molecule has 0 bridgehead atoms. The summed E-state index contributed by atoms with van der Waals surface area (Å²) < 4.78 is 15.9. The molecular formula is C19H25FN4O3. The highest BCUT2D eigenvalue weighted by atomic mass is 19.1. The summed E-state index contributed by atoms with van der Waals surface area (Å²) in [5.41, 5.74) is 4.96. The van der Waals surface area contributed by atoms with E-state index in [1.54, 1.807) is 30.1 Å². The largest absolute Gasteiger partial charge is 0.384 e. The van der Waals surface area contributed by atoms with Crippen molar-refractivity contribution >= 4 is 11.6 Å². The molecule has 27 heavy (non-hydrogen) atoms. The molecule has 1 heterocycles. The van der Waals surface area contributed by atoms with Crippen LogP contribution in [0.25, 0.3) is 0 Å². The summed E-state index contributed by atoms with van der Waals surface area (Å²) in [6.07, 6.45) is 0. The molecule has 0 spiro atoms. The summed E-state index contributed by atoms with van der Waals surface area (Å²) in [6, 6.07) is 6.28. The van der Waals surface area contributed by atoms with Gasteiger partial charge in [-0.15, -0.1) is 0 Å². The number of Topliss-reactive ketones (excluding diaryl/α,β-unsaturated/α-hetero) is 1. The molecule has 0 unspecified atom stereocenters. The number of likely N-dealkylation sites (N-methyl/N-ethyl adjacent to an activating group) is 1. The highest BCUT2D eigenvalue weighted by molar-refractivity contribution is 6.01. The minimum Gasteiger partial charge on any atom is -0.384 e. The molecule has 0 aliphatic carbocycles. The molecule has 2 rings (SSSR count). The molecule has 0 radical (unpaired) electrons. The van der Waals surface area contributed by atoms with Gasteiger partial charge in [0.15, 0.2) is 5.78 Å². The Balaban J connectivity index is 2.33. The lowest BCUT2D eigenvalue weighted by molar-refractivity contribution is 0.0940. The Morgan fingerprint density at radius 1 is 1.26 bits per heavy atom. The Hall–Kier alpha value is -2.74. The van der Waals surface area contributed by atoms with Crippen LogP contribution in [0.4, 0.5) is 10.2 Å². The fourth-order valence-corrected chi connectivity index (χ4v) is 2.88. The van der Waals surface area contributed by atoms with Crippen molar-refractivity contribution in [1.82, 2.24) is 14.0 Å². The standard InChI is InChI=1S/C19H25FN4O3/c1-12(2)9-24-17(21)16(18(26)23(4)19(24)27)15(25)11-22(3)10-13-7-5-6-8-14(13)20/h5-8,12H,9-11,21H2,1-4H3. The van der Waals surface area contributed by atoms with Gasteiger partial charge in [-0.3, -0.25) is 23.6 Å². The number of carbonyl (C=O) groups is 1. The first kappa shape index (κ1) is 20.6. The molecule has 0 fully saturated rings. The van der Waals surface area contributed by atoms with E-state index >= 15 is 0 Å². The molecule has 2 N–H and O–H groups in total. The van der Waals surface area contributed by atoms with Gasteiger partial charge in [0.05, 0.1) is 6.54 Å². The third-order valence-corrected chi connectivity index (χ3v) is 4.22. The van der Waals surface area contributed by atoms with Crippen molar-refractivity contribution in [3.8, 4) is 0 Å². The van der Waals surface area contributed by atoms with Crippen molar-refractivity contribution < 1.29 is 9.18 Å². The summed E-state index contributed by atoms with van der Waals surface area (Å²) in [5.74, 6) is -0.891. The molecule has 0 aliphatic heterocycles. The second-order valence-electron chi connectivity index (χ2n) is 7.10. The maximum absolute atomic E-state index is 13.8. The van der Waals surface area contributed by atoms with Gasteiger partial charge in [-0.05, 0) is 19.0 Å². The minimum absolute atomic E-state index is 0.106. The number of carbonyl (C=O) groups excluding carboxylic acids is 1. The van der Waals surface area contributed by atoms with E-state index in [1.165, 1.54) is 17.7 Å². The Kier molecular flexibility index (Phi) is 6.32. The number of hydrogen-bond donors (Lipinski definition) is 1. The van der Waals surface area contributed by atoms with E-state index in [1.807, 2.05) is 13.8 Å². The third kappa shape index (κ3) is 4.51. The van der Waals surface area contributed by atoms with E-state index < -0.39 is 17.0 Å². The average molecular weight is 376 g/mol. The van der Waals surface area contributed by atoms with Crippen LogP contribution in [0.5, 0.6) is 0 Å². The third-order valence-electron chi connectivity index (χ3n) is 4.22. The normalized spacial score (nSPS) is 11.4. The van der Waals surface area contributed by atoms with Crippen LogP contribution in [0.15, 0.2) is 33.9 Å². The monoisotopic (exact) mass is 376 g/mol. The molecule has 0 saturated carbocycles. The first-order valence-electron chi connectivity index (χ1n) is 8.67. The number of ketones is 1. The number of halogens is 1. The SMILES string of the molecule is CC(C)Cn1c(N)c(C(=O)CN(C)Cc2ccccc2F)c(=O)n(C)c1=O. The van der Waals surface area contributed by atoms with Crippen molar-refractivity contribution in [2.75, 3.05) is 19.3 Å². The van der Waals surface area contributed by atoms with Crippen LogP contribution in [0.2, 0.25) is 0 Å². The molecule has 146 valence electrons. The van der Waals surface area contributed by atoms with E-state index in [0.717, 1.165) is 4.57 Å². The number of benzene rings is 1. The van der Waals surface area contributed by atoms with Gasteiger partial charge in [0.1, 0.15) is 17.2 Å². The van der Waals surface area contributed by atoms with Crippen LogP contribution in [0, 0.1) is 11.7 Å². The second-order valence-corrected chi connectivity index (χ2v) is 7.10. The molecular weight excluding hydrogens is 351 g/mol. The zero-order valence-corrected chi connectivity index (χ0v) is 16.0. The summed E-state index contributed by atoms with van der Waals surface area (Å²) in [4.78, 5) is 39.1. The molecule has 8 heteroatoms. The van der Waals surface area contributed by atoms with Crippen molar-refractivity contribution in [1.29, 1.82) is 0 Å². The van der Waals surface area contributed by atoms with Crippen molar-refractivity contribution in [3.63, 3.8) is 0 Å². The predicted molar refractivity (Wildman–Crippen MR) is 102 cm³/mol. The van der Waals surface area contributed by atoms with E-state index in [0.29, 0.717) is 12.1 Å². The fraction of sp³-hybridized carbons (Fsp3) is 0.421. The van der Waals surface area contributed by atoms with Crippen LogP contribution in [0.1, 0.15) is 29.8 Å². The first-order chi connectivity index (χ1) is 12.6. The lowest BCUT2D eigenvalue weighted by atomic mass is 10.1. The van der Waals surface area contributed by atoms with Crippen LogP contribution in [-0.2, 0) is 20.1 Å². The number of anilines is 1. The van der Waals surface area contributed by atoms with Crippen LogP contribution >= 0.6 is 0 Å². The number of nitrogens with zero attached hydrogens (tertiary/aromatic N) is 3. The van der Waals surface area contributed by atoms with Crippen LogP contribution < -0.4 is 17.0 Å². The van der Waals surface area contributed by atoms with E-state index in [2.05, 4.69) is 0 Å². The Morgan fingerprint density at radius 3 is 2.48 bits per heavy atom. The van der Waals surface area contributed by atoms with Gasteiger partial charge in [0.2, 0.25) is 0 Å². The molecule has 7 nitrogen and oxygen atoms in total. The smallest absolute Gasteiger partial charge is 0.332 e. The van der Waals surface area contributed by atoms with Crippen LogP contribution in [-0.4, -0.2) is 33.4 Å². The minimum atomic E-state index is -0.721. The van der Waals surface area contributed by atoms with Gasteiger partial charge in [-0.2, -0.15) is 0 Å². The lowest BCUT2D eigenvalue weighted by Crippen LogP contribution is -2.44. The van der Waals surface area contributed by atoms with Crippen molar-refractivity contribution in [3.05, 3.63) is 62.0 Å². The first-order valence-corrected chi connectivity index (χ1v) is 8.67. The summed E-state index contributed by atoms with van der Waals surface area (Å²) >= 11 is 0. The topological polar surface area (TPSA) is 90.3 Å². The maximum atomic E-state index is 13.8. The van der Waals surface area contributed by atoms with Crippen LogP contribution in [0.3, 0.4) is 0 Å².